The first-order chi connectivity index (χ1) is 8.20. The Morgan fingerprint density at radius 3 is 2.00 bits per heavy atom. The Bertz CT molecular complexity index is 204. The van der Waals surface area contributed by atoms with E-state index >= 15 is 0 Å². The molecule has 1 aliphatic heterocycles. The molecule has 0 radical (unpaired) electrons. The molecule has 102 valence electrons. The molecule has 1 fully saturated rings. The van der Waals surface area contributed by atoms with Crippen LogP contribution in [0.25, 0.3) is 0 Å². The van der Waals surface area contributed by atoms with E-state index in [0.717, 1.165) is 19.3 Å². The van der Waals surface area contributed by atoms with Gasteiger partial charge in [-0.1, -0.05) is 6.92 Å². The van der Waals surface area contributed by atoms with E-state index in [2.05, 4.69) is 6.92 Å². The van der Waals surface area contributed by atoms with Gasteiger partial charge in [0.15, 0.2) is 0 Å². The molecule has 1 rings (SSSR count). The maximum absolute atomic E-state index is 5.97. The van der Waals surface area contributed by atoms with Crippen LogP contribution in [0.4, 0.5) is 0 Å². The third-order valence-corrected chi connectivity index (χ3v) is 3.24. The van der Waals surface area contributed by atoms with Gasteiger partial charge in [0.25, 0.3) is 0 Å². The maximum Gasteiger partial charge on any atom is 0.313 e. The van der Waals surface area contributed by atoms with E-state index in [1.54, 1.807) is 0 Å². The summed E-state index contributed by atoms with van der Waals surface area (Å²) in [7, 11) is 0. The highest BCUT2D eigenvalue weighted by Crippen LogP contribution is 2.42. The Morgan fingerprint density at radius 1 is 0.941 bits per heavy atom. The zero-order chi connectivity index (χ0) is 12.8. The standard InChI is InChI=1S/C13H26O4/c1-5-12(14-6-2)10-9-11-17-13(12,15-7-3)16-8-4/h5-11H2,1-4H3. The lowest BCUT2D eigenvalue weighted by molar-refractivity contribution is -0.458. The second-order valence-corrected chi connectivity index (χ2v) is 4.16. The van der Waals surface area contributed by atoms with Crippen molar-refractivity contribution in [2.24, 2.45) is 0 Å². The summed E-state index contributed by atoms with van der Waals surface area (Å²) in [5, 5.41) is 0. The Hall–Kier alpha value is -0.160. The van der Waals surface area contributed by atoms with Gasteiger partial charge in [0.05, 0.1) is 6.61 Å². The minimum Gasteiger partial charge on any atom is -0.367 e. The van der Waals surface area contributed by atoms with Crippen molar-refractivity contribution in [2.45, 2.75) is 58.5 Å². The van der Waals surface area contributed by atoms with E-state index in [1.165, 1.54) is 0 Å². The maximum atomic E-state index is 5.97. The predicted molar refractivity (Wildman–Crippen MR) is 65.8 cm³/mol. The van der Waals surface area contributed by atoms with Crippen LogP contribution in [0.3, 0.4) is 0 Å². The van der Waals surface area contributed by atoms with Crippen LogP contribution in [0.15, 0.2) is 0 Å². The van der Waals surface area contributed by atoms with E-state index in [9.17, 15) is 0 Å². The van der Waals surface area contributed by atoms with Crippen molar-refractivity contribution >= 4 is 0 Å². The molecule has 0 aromatic heterocycles. The Morgan fingerprint density at radius 2 is 1.53 bits per heavy atom. The fourth-order valence-electron chi connectivity index (χ4n) is 2.55. The molecule has 0 N–H and O–H groups in total. The minimum absolute atomic E-state index is 0.480. The molecule has 0 spiro atoms. The largest absolute Gasteiger partial charge is 0.367 e. The number of ether oxygens (including phenoxy) is 4. The molecule has 0 saturated carbocycles. The first-order valence-corrected chi connectivity index (χ1v) is 6.76. The monoisotopic (exact) mass is 246 g/mol. The van der Waals surface area contributed by atoms with E-state index in [4.69, 9.17) is 18.9 Å². The molecule has 1 atom stereocenters. The van der Waals surface area contributed by atoms with Gasteiger partial charge in [-0.3, -0.25) is 0 Å². The zero-order valence-corrected chi connectivity index (χ0v) is 11.6. The molecule has 1 heterocycles. The van der Waals surface area contributed by atoms with Crippen molar-refractivity contribution < 1.29 is 18.9 Å². The summed E-state index contributed by atoms with van der Waals surface area (Å²) in [5.74, 6) is -1.03. The molecule has 17 heavy (non-hydrogen) atoms. The van der Waals surface area contributed by atoms with Crippen LogP contribution < -0.4 is 0 Å². The summed E-state index contributed by atoms with van der Waals surface area (Å²) >= 11 is 0. The molecule has 4 nitrogen and oxygen atoms in total. The van der Waals surface area contributed by atoms with Gasteiger partial charge in [0.2, 0.25) is 0 Å². The lowest BCUT2D eigenvalue weighted by Crippen LogP contribution is -2.63. The van der Waals surface area contributed by atoms with Gasteiger partial charge < -0.3 is 18.9 Å². The van der Waals surface area contributed by atoms with E-state index in [-0.39, 0.29) is 0 Å². The van der Waals surface area contributed by atoms with Crippen LogP contribution in [0.2, 0.25) is 0 Å². The topological polar surface area (TPSA) is 36.9 Å². The zero-order valence-electron chi connectivity index (χ0n) is 11.6. The molecule has 0 bridgehead atoms. The SMILES string of the molecule is CCOC1(CC)CCCOC1(OCC)OCC. The van der Waals surface area contributed by atoms with Gasteiger partial charge >= 0.3 is 5.97 Å². The summed E-state index contributed by atoms with van der Waals surface area (Å²) in [5.41, 5.74) is -0.480. The Balaban J connectivity index is 2.99. The quantitative estimate of drug-likeness (QED) is 0.647. The molecule has 1 aliphatic rings. The van der Waals surface area contributed by atoms with Gasteiger partial charge in [0, 0.05) is 19.8 Å². The van der Waals surface area contributed by atoms with Crippen LogP contribution in [0.1, 0.15) is 47.0 Å². The van der Waals surface area contributed by atoms with Crippen molar-refractivity contribution in [3.8, 4) is 0 Å². The van der Waals surface area contributed by atoms with Crippen molar-refractivity contribution in [3.63, 3.8) is 0 Å². The molecule has 0 aromatic carbocycles. The van der Waals surface area contributed by atoms with Gasteiger partial charge in [0.1, 0.15) is 5.60 Å². The second kappa shape index (κ2) is 6.69. The number of hydrogen-bond acceptors (Lipinski definition) is 4. The van der Waals surface area contributed by atoms with Crippen LogP contribution in [0.5, 0.6) is 0 Å². The first kappa shape index (κ1) is 14.9. The normalized spacial score (nSPS) is 28.2. The van der Waals surface area contributed by atoms with Gasteiger partial charge in [-0.25, -0.2) is 0 Å². The summed E-state index contributed by atoms with van der Waals surface area (Å²) in [4.78, 5) is 0. The summed E-state index contributed by atoms with van der Waals surface area (Å²) in [6.07, 6.45) is 2.72. The number of rotatable bonds is 7. The second-order valence-electron chi connectivity index (χ2n) is 4.16. The average molecular weight is 246 g/mol. The van der Waals surface area contributed by atoms with Crippen LogP contribution in [0, 0.1) is 0 Å². The van der Waals surface area contributed by atoms with Crippen LogP contribution in [-0.2, 0) is 18.9 Å². The summed E-state index contributed by atoms with van der Waals surface area (Å²) < 4.78 is 23.4. The molecular formula is C13H26O4. The smallest absolute Gasteiger partial charge is 0.313 e. The predicted octanol–water partition coefficient (Wildman–Crippen LogP) is 2.71. The van der Waals surface area contributed by atoms with Gasteiger partial charge in [-0.2, -0.15) is 0 Å². The molecule has 0 aliphatic carbocycles. The molecule has 1 unspecified atom stereocenters. The summed E-state index contributed by atoms with van der Waals surface area (Å²) in [6, 6.07) is 0. The van der Waals surface area contributed by atoms with Crippen molar-refractivity contribution in [3.05, 3.63) is 0 Å². The highest BCUT2D eigenvalue weighted by molar-refractivity contribution is 4.93. The highest BCUT2D eigenvalue weighted by Gasteiger charge is 2.57. The van der Waals surface area contributed by atoms with Crippen LogP contribution in [-0.4, -0.2) is 38.0 Å². The van der Waals surface area contributed by atoms with Gasteiger partial charge in [-0.15, -0.1) is 0 Å². The third kappa shape index (κ3) is 2.81. The van der Waals surface area contributed by atoms with Gasteiger partial charge in [-0.05, 0) is 40.0 Å². The first-order valence-electron chi connectivity index (χ1n) is 6.76. The highest BCUT2D eigenvalue weighted by atomic mass is 16.9. The molecule has 0 amide bonds. The lowest BCUT2D eigenvalue weighted by Gasteiger charge is -2.50. The fraction of sp³-hybridized carbons (Fsp3) is 1.00. The third-order valence-electron chi connectivity index (χ3n) is 3.24. The molecule has 1 saturated heterocycles. The van der Waals surface area contributed by atoms with Crippen molar-refractivity contribution in [1.29, 1.82) is 0 Å². The van der Waals surface area contributed by atoms with E-state index in [0.29, 0.717) is 26.4 Å². The fourth-order valence-corrected chi connectivity index (χ4v) is 2.55. The molecule has 0 aromatic rings. The molecule has 4 heteroatoms. The lowest BCUT2D eigenvalue weighted by atomic mass is 9.89. The van der Waals surface area contributed by atoms with Crippen molar-refractivity contribution in [2.75, 3.05) is 26.4 Å². The number of hydrogen-bond donors (Lipinski definition) is 0. The van der Waals surface area contributed by atoms with Crippen molar-refractivity contribution in [1.82, 2.24) is 0 Å². The summed E-state index contributed by atoms with van der Waals surface area (Å²) in [6.45, 7) is 10.4. The average Bonchev–Trinajstić information content (AvgIpc) is 2.33. The molecular weight excluding hydrogens is 220 g/mol. The van der Waals surface area contributed by atoms with Crippen LogP contribution >= 0.6 is 0 Å². The minimum atomic E-state index is -1.03. The Labute approximate surface area is 105 Å². The van der Waals surface area contributed by atoms with E-state index in [1.807, 2.05) is 20.8 Å². The van der Waals surface area contributed by atoms with E-state index < -0.39 is 11.6 Å². The Kier molecular flexibility index (Phi) is 5.86.